The van der Waals surface area contributed by atoms with Crippen molar-refractivity contribution < 1.29 is 4.57 Å². The molecule has 0 atom stereocenters. The lowest BCUT2D eigenvalue weighted by Gasteiger charge is -2.12. The molecule has 0 unspecified atom stereocenters. The minimum absolute atomic E-state index is 0.367. The quantitative estimate of drug-likeness (QED) is 0.539. The van der Waals surface area contributed by atoms with Gasteiger partial charge >= 0.3 is 0 Å². The molecule has 0 aliphatic rings. The molecule has 1 aromatic rings. The normalized spacial score (nSPS) is 11.5. The first-order valence-electron chi connectivity index (χ1n) is 4.02. The third kappa shape index (κ3) is 3.17. The second-order valence-electron chi connectivity index (χ2n) is 4.11. The summed E-state index contributed by atoms with van der Waals surface area (Å²) in [5.41, 5.74) is 0.367. The summed E-state index contributed by atoms with van der Waals surface area (Å²) in [5.74, 6) is 0. The lowest BCUT2D eigenvalue weighted by atomic mass is 9.97. The maximum absolute atomic E-state index is 2.24. The molecule has 0 radical (unpaired) electrons. The molecule has 1 aromatic heterocycles. The minimum Gasteiger partial charge on any atom is -0.205 e. The van der Waals surface area contributed by atoms with Crippen LogP contribution in [-0.2, 0) is 6.54 Å². The second-order valence-corrected chi connectivity index (χ2v) is 4.11. The van der Waals surface area contributed by atoms with Gasteiger partial charge in [0.1, 0.15) is 0 Å². The van der Waals surface area contributed by atoms with E-state index in [0.29, 0.717) is 5.41 Å². The predicted molar refractivity (Wildman–Crippen MR) is 46.1 cm³/mol. The third-order valence-corrected chi connectivity index (χ3v) is 1.43. The summed E-state index contributed by atoms with van der Waals surface area (Å²) in [4.78, 5) is 0. The van der Waals surface area contributed by atoms with E-state index in [-0.39, 0.29) is 0 Å². The Labute approximate surface area is 68.7 Å². The van der Waals surface area contributed by atoms with Gasteiger partial charge in [-0.05, 0) is 0 Å². The molecule has 0 saturated carbocycles. The van der Waals surface area contributed by atoms with Crippen LogP contribution in [0.3, 0.4) is 0 Å². The Balaban J connectivity index is 2.66. The van der Waals surface area contributed by atoms with E-state index in [1.165, 1.54) is 0 Å². The monoisotopic (exact) mass is 150 g/mol. The maximum Gasteiger partial charge on any atom is 0.168 e. The molecule has 0 aliphatic carbocycles. The van der Waals surface area contributed by atoms with Crippen molar-refractivity contribution in [1.82, 2.24) is 0 Å². The van der Waals surface area contributed by atoms with Crippen molar-refractivity contribution in [2.24, 2.45) is 5.41 Å². The predicted octanol–water partition coefficient (Wildman–Crippen LogP) is 2.02. The Bertz CT molecular complexity index is 208. The Morgan fingerprint density at radius 2 is 1.55 bits per heavy atom. The molecule has 0 fully saturated rings. The lowest BCUT2D eigenvalue weighted by Crippen LogP contribution is -2.39. The smallest absolute Gasteiger partial charge is 0.168 e. The van der Waals surface area contributed by atoms with E-state index >= 15 is 0 Å². The van der Waals surface area contributed by atoms with E-state index in [2.05, 4.69) is 49.9 Å². The Hall–Kier alpha value is -0.850. The van der Waals surface area contributed by atoms with E-state index < -0.39 is 0 Å². The van der Waals surface area contributed by atoms with Gasteiger partial charge in [-0.25, -0.2) is 4.57 Å². The number of hydrogen-bond acceptors (Lipinski definition) is 0. The summed E-state index contributed by atoms with van der Waals surface area (Å²) in [6.07, 6.45) is 4.20. The fourth-order valence-corrected chi connectivity index (χ4v) is 1.09. The highest BCUT2D eigenvalue weighted by Gasteiger charge is 2.15. The van der Waals surface area contributed by atoms with E-state index in [1.54, 1.807) is 0 Å². The van der Waals surface area contributed by atoms with Crippen LogP contribution in [0.2, 0.25) is 0 Å². The summed E-state index contributed by atoms with van der Waals surface area (Å²) in [6, 6.07) is 6.16. The molecule has 0 aliphatic heterocycles. The first kappa shape index (κ1) is 8.25. The van der Waals surface area contributed by atoms with Gasteiger partial charge in [-0.15, -0.1) is 0 Å². The molecule has 0 aromatic carbocycles. The fraction of sp³-hybridized carbons (Fsp3) is 0.500. The van der Waals surface area contributed by atoms with Crippen LogP contribution in [0.4, 0.5) is 0 Å². The van der Waals surface area contributed by atoms with Crippen LogP contribution < -0.4 is 4.57 Å². The van der Waals surface area contributed by atoms with Crippen LogP contribution >= 0.6 is 0 Å². The fourth-order valence-electron chi connectivity index (χ4n) is 1.09. The van der Waals surface area contributed by atoms with Crippen molar-refractivity contribution in [3.05, 3.63) is 30.6 Å². The summed E-state index contributed by atoms with van der Waals surface area (Å²) < 4.78 is 2.21. The van der Waals surface area contributed by atoms with Crippen LogP contribution in [0.15, 0.2) is 30.6 Å². The van der Waals surface area contributed by atoms with Gasteiger partial charge in [-0.1, -0.05) is 26.8 Å². The molecular formula is C10H16N+. The molecule has 0 saturated heterocycles. The summed E-state index contributed by atoms with van der Waals surface area (Å²) in [6.45, 7) is 7.81. The van der Waals surface area contributed by atoms with Crippen LogP contribution in [-0.4, -0.2) is 0 Å². The highest BCUT2D eigenvalue weighted by atomic mass is 14.9. The summed E-state index contributed by atoms with van der Waals surface area (Å²) >= 11 is 0. The molecule has 1 rings (SSSR count). The Morgan fingerprint density at radius 1 is 1.00 bits per heavy atom. The standard InChI is InChI=1S/C10H16N/c1-10(2,3)9-11-7-5-4-6-8-11/h4-8H,9H2,1-3H3/q+1. The zero-order chi connectivity index (χ0) is 8.32. The number of rotatable bonds is 1. The van der Waals surface area contributed by atoms with Crippen molar-refractivity contribution in [2.75, 3.05) is 0 Å². The van der Waals surface area contributed by atoms with E-state index in [9.17, 15) is 0 Å². The summed E-state index contributed by atoms with van der Waals surface area (Å²) in [5, 5.41) is 0. The molecule has 1 heterocycles. The van der Waals surface area contributed by atoms with Gasteiger partial charge in [0.15, 0.2) is 18.9 Å². The van der Waals surface area contributed by atoms with Crippen LogP contribution in [0.1, 0.15) is 20.8 Å². The molecule has 0 N–H and O–H groups in total. The van der Waals surface area contributed by atoms with E-state index in [1.807, 2.05) is 6.07 Å². The number of hydrogen-bond donors (Lipinski definition) is 0. The van der Waals surface area contributed by atoms with Gasteiger partial charge in [-0.3, -0.25) is 0 Å². The van der Waals surface area contributed by atoms with E-state index in [4.69, 9.17) is 0 Å². The largest absolute Gasteiger partial charge is 0.205 e. The molecule has 1 heteroatoms. The first-order chi connectivity index (χ1) is 5.08. The molecule has 60 valence electrons. The zero-order valence-electron chi connectivity index (χ0n) is 7.54. The highest BCUT2D eigenvalue weighted by Crippen LogP contribution is 2.11. The van der Waals surface area contributed by atoms with Gasteiger partial charge in [0.25, 0.3) is 0 Å². The van der Waals surface area contributed by atoms with Crippen molar-refractivity contribution >= 4 is 0 Å². The zero-order valence-corrected chi connectivity index (χ0v) is 7.54. The molecule has 11 heavy (non-hydrogen) atoms. The maximum atomic E-state index is 2.24. The average molecular weight is 150 g/mol. The van der Waals surface area contributed by atoms with Crippen LogP contribution in [0.5, 0.6) is 0 Å². The van der Waals surface area contributed by atoms with Crippen LogP contribution in [0.25, 0.3) is 0 Å². The van der Waals surface area contributed by atoms with Crippen molar-refractivity contribution in [1.29, 1.82) is 0 Å². The summed E-state index contributed by atoms with van der Waals surface area (Å²) in [7, 11) is 0. The topological polar surface area (TPSA) is 3.88 Å². The molecule has 1 nitrogen and oxygen atoms in total. The van der Waals surface area contributed by atoms with Crippen LogP contribution in [0, 0.1) is 5.41 Å². The van der Waals surface area contributed by atoms with Crippen molar-refractivity contribution in [3.63, 3.8) is 0 Å². The molecule has 0 bridgehead atoms. The van der Waals surface area contributed by atoms with Crippen molar-refractivity contribution in [2.45, 2.75) is 27.3 Å². The van der Waals surface area contributed by atoms with Gasteiger partial charge in [0, 0.05) is 17.5 Å². The second kappa shape index (κ2) is 3.04. The number of aromatic nitrogens is 1. The molecular weight excluding hydrogens is 134 g/mol. The molecule has 0 spiro atoms. The van der Waals surface area contributed by atoms with Gasteiger partial charge in [0.05, 0.1) is 0 Å². The molecule has 0 amide bonds. The number of nitrogens with zero attached hydrogens (tertiary/aromatic N) is 1. The highest BCUT2D eigenvalue weighted by molar-refractivity contribution is 4.83. The number of pyridine rings is 1. The van der Waals surface area contributed by atoms with Gasteiger partial charge in [-0.2, -0.15) is 0 Å². The van der Waals surface area contributed by atoms with Gasteiger partial charge < -0.3 is 0 Å². The SMILES string of the molecule is CC(C)(C)C[n+]1ccccc1. The minimum atomic E-state index is 0.367. The Kier molecular flexibility index (Phi) is 2.28. The lowest BCUT2D eigenvalue weighted by molar-refractivity contribution is -0.708. The average Bonchev–Trinajstić information content (AvgIpc) is 1.85. The Morgan fingerprint density at radius 3 is 2.00 bits per heavy atom. The van der Waals surface area contributed by atoms with Crippen molar-refractivity contribution in [3.8, 4) is 0 Å². The third-order valence-electron chi connectivity index (χ3n) is 1.43. The van der Waals surface area contributed by atoms with E-state index in [0.717, 1.165) is 6.54 Å². The first-order valence-corrected chi connectivity index (χ1v) is 4.02. The van der Waals surface area contributed by atoms with Gasteiger partial charge in [0.2, 0.25) is 0 Å².